The normalized spacial score (nSPS) is 24.2. The van der Waals surface area contributed by atoms with E-state index in [4.69, 9.17) is 0 Å². The van der Waals surface area contributed by atoms with E-state index in [1.165, 1.54) is 6.07 Å². The molecule has 1 atom stereocenters. The van der Waals surface area contributed by atoms with E-state index in [1.807, 2.05) is 0 Å². The molecule has 4 rings (SSSR count). The molecule has 1 unspecified atom stereocenters. The van der Waals surface area contributed by atoms with Crippen molar-refractivity contribution >= 4 is 23.4 Å². The van der Waals surface area contributed by atoms with Gasteiger partial charge in [0, 0.05) is 25.2 Å². The van der Waals surface area contributed by atoms with Gasteiger partial charge in [-0.05, 0) is 68.8 Å². The number of rotatable bonds is 5. The second-order valence-electron chi connectivity index (χ2n) is 9.19. The number of piperidine rings is 3. The van der Waals surface area contributed by atoms with Gasteiger partial charge in [0.05, 0.1) is 12.0 Å². The van der Waals surface area contributed by atoms with Gasteiger partial charge >= 0.3 is 0 Å². The van der Waals surface area contributed by atoms with Crippen molar-refractivity contribution in [2.75, 3.05) is 31.5 Å². The molecule has 4 N–H and O–H groups in total. The molecule has 0 radical (unpaired) electrons. The van der Waals surface area contributed by atoms with Crippen LogP contribution in [0, 0.1) is 5.82 Å². The van der Waals surface area contributed by atoms with Crippen molar-refractivity contribution in [2.24, 2.45) is 0 Å². The van der Waals surface area contributed by atoms with Crippen molar-refractivity contribution < 1.29 is 23.9 Å². The number of carbonyl (C=O) groups excluding carboxylic acids is 3. The molecule has 174 valence electrons. The number of anilines is 1. The first-order valence-electron chi connectivity index (χ1n) is 11.4. The molecule has 3 aliphatic heterocycles. The SMILES string of the molecule is O=C1CCC(Nc2ccc(C3CCN(C(=O)CC4(O)CCNCC4)CC3)c(F)c2)C(=O)N1. The zero-order chi connectivity index (χ0) is 22.7. The predicted molar refractivity (Wildman–Crippen MR) is 116 cm³/mol. The summed E-state index contributed by atoms with van der Waals surface area (Å²) in [5.74, 6) is -1.03. The molecule has 1 aromatic carbocycles. The highest BCUT2D eigenvalue weighted by Crippen LogP contribution is 2.32. The van der Waals surface area contributed by atoms with Crippen molar-refractivity contribution in [2.45, 2.75) is 62.5 Å². The number of halogens is 1. The van der Waals surface area contributed by atoms with Crippen LogP contribution in [0.25, 0.3) is 0 Å². The Morgan fingerprint density at radius 1 is 1.19 bits per heavy atom. The summed E-state index contributed by atoms with van der Waals surface area (Å²) in [5, 5.41) is 19.1. The number of imide groups is 1. The van der Waals surface area contributed by atoms with Crippen LogP contribution in [0.2, 0.25) is 0 Å². The van der Waals surface area contributed by atoms with E-state index < -0.39 is 17.6 Å². The van der Waals surface area contributed by atoms with E-state index in [9.17, 15) is 23.9 Å². The lowest BCUT2D eigenvalue weighted by Gasteiger charge is -2.37. The molecule has 0 aliphatic carbocycles. The van der Waals surface area contributed by atoms with Crippen LogP contribution in [0.3, 0.4) is 0 Å². The smallest absolute Gasteiger partial charge is 0.249 e. The number of carbonyl (C=O) groups is 3. The number of likely N-dealkylation sites (tertiary alicyclic amines) is 1. The molecule has 0 saturated carbocycles. The molecular formula is C23H31FN4O4. The van der Waals surface area contributed by atoms with Crippen LogP contribution in [0.5, 0.6) is 0 Å². The Labute approximate surface area is 186 Å². The molecule has 0 spiro atoms. The fraction of sp³-hybridized carbons (Fsp3) is 0.609. The fourth-order valence-electron chi connectivity index (χ4n) is 4.88. The molecule has 8 nitrogen and oxygen atoms in total. The van der Waals surface area contributed by atoms with Gasteiger partial charge in [-0.15, -0.1) is 0 Å². The molecule has 3 aliphatic rings. The van der Waals surface area contributed by atoms with E-state index in [-0.39, 0.29) is 36.4 Å². The highest BCUT2D eigenvalue weighted by atomic mass is 19.1. The minimum Gasteiger partial charge on any atom is -0.389 e. The Balaban J connectivity index is 1.31. The minimum absolute atomic E-state index is 0.0191. The molecule has 3 heterocycles. The van der Waals surface area contributed by atoms with E-state index in [0.717, 1.165) is 13.1 Å². The number of amides is 3. The van der Waals surface area contributed by atoms with Crippen molar-refractivity contribution in [3.05, 3.63) is 29.6 Å². The van der Waals surface area contributed by atoms with Crippen LogP contribution < -0.4 is 16.0 Å². The summed E-state index contributed by atoms with van der Waals surface area (Å²) in [7, 11) is 0. The highest BCUT2D eigenvalue weighted by molar-refractivity contribution is 6.01. The average Bonchev–Trinajstić information content (AvgIpc) is 2.76. The number of aliphatic hydroxyl groups is 1. The van der Waals surface area contributed by atoms with E-state index in [2.05, 4.69) is 16.0 Å². The summed E-state index contributed by atoms with van der Waals surface area (Å²) in [5.41, 5.74) is 0.197. The summed E-state index contributed by atoms with van der Waals surface area (Å²) < 4.78 is 14.8. The summed E-state index contributed by atoms with van der Waals surface area (Å²) >= 11 is 0. The second-order valence-corrected chi connectivity index (χ2v) is 9.19. The Morgan fingerprint density at radius 3 is 2.56 bits per heavy atom. The fourth-order valence-corrected chi connectivity index (χ4v) is 4.88. The molecule has 3 amide bonds. The van der Waals surface area contributed by atoms with Gasteiger partial charge in [-0.25, -0.2) is 4.39 Å². The van der Waals surface area contributed by atoms with Crippen LogP contribution in [-0.4, -0.2) is 65.5 Å². The Morgan fingerprint density at radius 2 is 1.91 bits per heavy atom. The maximum atomic E-state index is 14.8. The maximum absolute atomic E-state index is 14.8. The lowest BCUT2D eigenvalue weighted by molar-refractivity contribution is -0.138. The van der Waals surface area contributed by atoms with Gasteiger partial charge in [0.2, 0.25) is 17.7 Å². The molecule has 3 fully saturated rings. The third-order valence-corrected chi connectivity index (χ3v) is 6.88. The van der Waals surface area contributed by atoms with E-state index >= 15 is 0 Å². The highest BCUT2D eigenvalue weighted by Gasteiger charge is 2.35. The molecular weight excluding hydrogens is 415 g/mol. The Hall–Kier alpha value is -2.52. The number of hydrogen-bond acceptors (Lipinski definition) is 6. The molecule has 1 aromatic rings. The van der Waals surface area contributed by atoms with Crippen molar-refractivity contribution in [1.29, 1.82) is 0 Å². The molecule has 0 bridgehead atoms. The van der Waals surface area contributed by atoms with Crippen molar-refractivity contribution in [3.63, 3.8) is 0 Å². The second kappa shape index (κ2) is 9.54. The summed E-state index contributed by atoms with van der Waals surface area (Å²) in [6.45, 7) is 2.54. The van der Waals surface area contributed by atoms with Crippen LogP contribution in [0.4, 0.5) is 10.1 Å². The summed E-state index contributed by atoms with van der Waals surface area (Å²) in [6.07, 6.45) is 3.29. The van der Waals surface area contributed by atoms with Gasteiger partial charge in [-0.2, -0.15) is 0 Å². The quantitative estimate of drug-likeness (QED) is 0.507. The van der Waals surface area contributed by atoms with Gasteiger partial charge in [-0.1, -0.05) is 6.07 Å². The number of nitrogens with one attached hydrogen (secondary N) is 3. The number of benzene rings is 1. The first-order chi connectivity index (χ1) is 15.3. The van der Waals surface area contributed by atoms with Crippen LogP contribution in [0.1, 0.15) is 56.4 Å². The number of hydrogen-bond donors (Lipinski definition) is 4. The van der Waals surface area contributed by atoms with E-state index in [1.54, 1.807) is 17.0 Å². The molecule has 9 heteroatoms. The zero-order valence-corrected chi connectivity index (χ0v) is 18.2. The van der Waals surface area contributed by atoms with Crippen LogP contribution in [0.15, 0.2) is 18.2 Å². The van der Waals surface area contributed by atoms with Gasteiger partial charge in [0.25, 0.3) is 0 Å². The lowest BCUT2D eigenvalue weighted by Crippen LogP contribution is -2.47. The topological polar surface area (TPSA) is 111 Å². The zero-order valence-electron chi connectivity index (χ0n) is 18.2. The van der Waals surface area contributed by atoms with Crippen LogP contribution in [-0.2, 0) is 14.4 Å². The molecule has 0 aromatic heterocycles. The van der Waals surface area contributed by atoms with Gasteiger partial charge < -0.3 is 20.6 Å². The first-order valence-corrected chi connectivity index (χ1v) is 11.4. The maximum Gasteiger partial charge on any atom is 0.249 e. The van der Waals surface area contributed by atoms with Gasteiger partial charge in [-0.3, -0.25) is 19.7 Å². The minimum atomic E-state index is -0.920. The largest absolute Gasteiger partial charge is 0.389 e. The van der Waals surface area contributed by atoms with Crippen molar-refractivity contribution in [1.82, 2.24) is 15.5 Å². The van der Waals surface area contributed by atoms with Gasteiger partial charge in [0.1, 0.15) is 11.9 Å². The third kappa shape index (κ3) is 5.27. The predicted octanol–water partition coefficient (Wildman–Crippen LogP) is 1.25. The average molecular weight is 447 g/mol. The summed E-state index contributed by atoms with van der Waals surface area (Å²) in [4.78, 5) is 37.6. The number of nitrogens with zero attached hydrogens (tertiary/aromatic N) is 1. The monoisotopic (exact) mass is 446 g/mol. The lowest BCUT2D eigenvalue weighted by atomic mass is 9.86. The molecule has 32 heavy (non-hydrogen) atoms. The van der Waals surface area contributed by atoms with Gasteiger partial charge in [0.15, 0.2) is 0 Å². The first kappa shape index (κ1) is 22.7. The Kier molecular flexibility index (Phi) is 6.76. The van der Waals surface area contributed by atoms with Crippen LogP contribution >= 0.6 is 0 Å². The third-order valence-electron chi connectivity index (χ3n) is 6.88. The Bertz CT molecular complexity index is 879. The molecule has 3 saturated heterocycles. The standard InChI is InChI=1S/C23H31FN4O4/c24-18-13-16(26-19-3-4-20(29)27-22(19)31)1-2-17(18)15-5-11-28(12-6-15)21(30)14-23(32)7-9-25-10-8-23/h1-2,13,15,19,25-26,32H,3-12,14H2,(H,27,29,31). The summed E-state index contributed by atoms with van der Waals surface area (Å²) in [6, 6.07) is 4.33. The van der Waals surface area contributed by atoms with Crippen molar-refractivity contribution in [3.8, 4) is 0 Å². The van der Waals surface area contributed by atoms with E-state index in [0.29, 0.717) is 56.4 Å².